The van der Waals surface area contributed by atoms with E-state index in [0.717, 1.165) is 0 Å². The Kier molecular flexibility index (Phi) is 4.96. The molecule has 0 aromatic carbocycles. The molecule has 0 amide bonds. The van der Waals surface area contributed by atoms with Crippen LogP contribution in [0.5, 0.6) is 0 Å². The maximum atomic E-state index is 13.7. The fourth-order valence-corrected chi connectivity index (χ4v) is 1.47. The third-order valence-electron chi connectivity index (χ3n) is 2.29. The molecule has 20 heavy (non-hydrogen) atoms. The van der Waals surface area contributed by atoms with Crippen molar-refractivity contribution in [2.24, 2.45) is 0 Å². The number of nitrogens with zero attached hydrogens (tertiary/aromatic N) is 1. The lowest BCUT2D eigenvalue weighted by Gasteiger charge is -2.14. The van der Waals surface area contributed by atoms with E-state index < -0.39 is 47.6 Å². The van der Waals surface area contributed by atoms with Gasteiger partial charge in [-0.05, 0) is 6.92 Å². The first kappa shape index (κ1) is 16.3. The van der Waals surface area contributed by atoms with E-state index in [0.29, 0.717) is 0 Å². The number of halogens is 6. The minimum Gasteiger partial charge on any atom is -0.466 e. The van der Waals surface area contributed by atoms with Gasteiger partial charge in [-0.2, -0.15) is 13.2 Å². The van der Waals surface area contributed by atoms with E-state index in [-0.39, 0.29) is 12.8 Å². The lowest BCUT2D eigenvalue weighted by Crippen LogP contribution is -2.18. The van der Waals surface area contributed by atoms with Crippen LogP contribution in [-0.2, 0) is 22.1 Å². The zero-order valence-corrected chi connectivity index (χ0v) is 10.1. The third kappa shape index (κ3) is 3.61. The van der Waals surface area contributed by atoms with Crippen LogP contribution in [0.15, 0.2) is 6.20 Å². The van der Waals surface area contributed by atoms with E-state index in [4.69, 9.17) is 0 Å². The van der Waals surface area contributed by atoms with E-state index in [1.54, 1.807) is 0 Å². The molecule has 1 heterocycles. The Hall–Kier alpha value is -1.80. The second kappa shape index (κ2) is 6.10. The van der Waals surface area contributed by atoms with Crippen LogP contribution in [0.4, 0.5) is 26.3 Å². The van der Waals surface area contributed by atoms with Gasteiger partial charge in [-0.1, -0.05) is 0 Å². The van der Waals surface area contributed by atoms with Crippen LogP contribution in [0.2, 0.25) is 0 Å². The number of carbonyl (C=O) groups excluding carboxylic acids is 1. The van der Waals surface area contributed by atoms with Crippen LogP contribution in [0.1, 0.15) is 30.2 Å². The second-order valence-corrected chi connectivity index (χ2v) is 3.63. The molecule has 1 aromatic heterocycles. The summed E-state index contributed by atoms with van der Waals surface area (Å²) in [6, 6.07) is 0. The summed E-state index contributed by atoms with van der Waals surface area (Å²) in [5.74, 6) is -2.99. The van der Waals surface area contributed by atoms with E-state index in [9.17, 15) is 31.1 Å². The van der Waals surface area contributed by atoms with Crippen LogP contribution in [-0.4, -0.2) is 17.6 Å². The predicted molar refractivity (Wildman–Crippen MR) is 54.5 cm³/mol. The van der Waals surface area contributed by atoms with Gasteiger partial charge in [0.2, 0.25) is 0 Å². The smallest absolute Gasteiger partial charge is 0.418 e. The summed E-state index contributed by atoms with van der Waals surface area (Å²) < 4.78 is 80.8. The highest BCUT2D eigenvalue weighted by Gasteiger charge is 2.37. The Morgan fingerprint density at radius 1 is 1.40 bits per heavy atom. The van der Waals surface area contributed by atoms with Crippen molar-refractivity contribution in [2.45, 2.75) is 25.9 Å². The Bertz CT molecular complexity index is 500. The highest BCUT2D eigenvalue weighted by Crippen LogP contribution is 2.35. The molecule has 0 saturated heterocycles. The molecule has 0 bridgehead atoms. The highest BCUT2D eigenvalue weighted by atomic mass is 19.4. The maximum Gasteiger partial charge on any atom is 0.418 e. The van der Waals surface area contributed by atoms with Crippen molar-refractivity contribution in [3.05, 3.63) is 28.8 Å². The van der Waals surface area contributed by atoms with Gasteiger partial charge in [0.05, 0.1) is 18.6 Å². The van der Waals surface area contributed by atoms with Gasteiger partial charge in [-0.15, -0.1) is 0 Å². The van der Waals surface area contributed by atoms with E-state index in [1.807, 2.05) is 0 Å². The fourth-order valence-electron chi connectivity index (χ4n) is 1.47. The predicted octanol–water partition coefficient (Wildman–Crippen LogP) is 3.28. The van der Waals surface area contributed by atoms with Gasteiger partial charge in [0, 0.05) is 11.8 Å². The van der Waals surface area contributed by atoms with Crippen LogP contribution in [0.3, 0.4) is 0 Å². The number of aromatic nitrogens is 1. The first-order valence-electron chi connectivity index (χ1n) is 5.36. The van der Waals surface area contributed by atoms with Crippen LogP contribution < -0.4 is 0 Å². The Morgan fingerprint density at radius 3 is 2.45 bits per heavy atom. The van der Waals surface area contributed by atoms with Crippen molar-refractivity contribution in [2.75, 3.05) is 6.61 Å². The largest absolute Gasteiger partial charge is 0.466 e. The fraction of sp³-hybridized carbons (Fsp3) is 0.455. The molecule has 0 N–H and O–H groups in total. The molecule has 9 heteroatoms. The number of rotatable bonds is 4. The SMILES string of the molecule is CCOC(=O)Cc1c(C(F)(F)F)cnc(C(F)F)c1F. The summed E-state index contributed by atoms with van der Waals surface area (Å²) in [5.41, 5.74) is -4.20. The third-order valence-corrected chi connectivity index (χ3v) is 2.29. The highest BCUT2D eigenvalue weighted by molar-refractivity contribution is 5.73. The Labute approximate surface area is 109 Å². The van der Waals surface area contributed by atoms with Gasteiger partial charge in [-0.3, -0.25) is 9.78 Å². The number of hydrogen-bond acceptors (Lipinski definition) is 3. The molecule has 0 saturated carbocycles. The van der Waals surface area contributed by atoms with Crippen molar-refractivity contribution in [3.8, 4) is 0 Å². The van der Waals surface area contributed by atoms with Crippen molar-refractivity contribution in [1.82, 2.24) is 4.98 Å². The van der Waals surface area contributed by atoms with E-state index >= 15 is 0 Å². The number of carbonyl (C=O) groups is 1. The van der Waals surface area contributed by atoms with Crippen LogP contribution >= 0.6 is 0 Å². The summed E-state index contributed by atoms with van der Waals surface area (Å²) in [6.07, 6.45) is -9.43. The average molecular weight is 301 g/mol. The molecule has 3 nitrogen and oxygen atoms in total. The molecule has 0 unspecified atom stereocenters. The summed E-state index contributed by atoms with van der Waals surface area (Å²) in [7, 11) is 0. The molecule has 0 aliphatic carbocycles. The Morgan fingerprint density at radius 2 is 2.00 bits per heavy atom. The molecule has 112 valence electrons. The number of alkyl halides is 5. The number of pyridine rings is 1. The first-order valence-corrected chi connectivity index (χ1v) is 5.36. The molecule has 0 atom stereocenters. The van der Waals surface area contributed by atoms with Gasteiger partial charge in [0.1, 0.15) is 5.69 Å². The summed E-state index contributed by atoms with van der Waals surface area (Å²) in [5, 5.41) is 0. The molecule has 0 aliphatic heterocycles. The summed E-state index contributed by atoms with van der Waals surface area (Å²) >= 11 is 0. The molecular formula is C11H9F6NO2. The zero-order valence-electron chi connectivity index (χ0n) is 10.1. The topological polar surface area (TPSA) is 39.2 Å². The second-order valence-electron chi connectivity index (χ2n) is 3.63. The van der Waals surface area contributed by atoms with E-state index in [1.165, 1.54) is 6.92 Å². The molecular weight excluding hydrogens is 292 g/mol. The van der Waals surface area contributed by atoms with Crippen LogP contribution in [0, 0.1) is 5.82 Å². The lowest BCUT2D eigenvalue weighted by atomic mass is 10.0. The monoisotopic (exact) mass is 301 g/mol. The van der Waals surface area contributed by atoms with Crippen molar-refractivity contribution < 1.29 is 35.9 Å². The molecule has 0 fully saturated rings. The summed E-state index contributed by atoms with van der Waals surface area (Å²) in [6.45, 7) is 1.27. The molecule has 1 rings (SSSR count). The summed E-state index contributed by atoms with van der Waals surface area (Å²) in [4.78, 5) is 13.9. The minimum absolute atomic E-state index is 0.0825. The van der Waals surface area contributed by atoms with Gasteiger partial charge in [0.15, 0.2) is 5.82 Å². The minimum atomic E-state index is -5.02. The van der Waals surface area contributed by atoms with Gasteiger partial charge >= 0.3 is 12.1 Å². The molecule has 0 spiro atoms. The van der Waals surface area contributed by atoms with Gasteiger partial charge in [-0.25, -0.2) is 13.2 Å². The van der Waals surface area contributed by atoms with Gasteiger partial charge < -0.3 is 4.74 Å². The van der Waals surface area contributed by atoms with Gasteiger partial charge in [0.25, 0.3) is 6.43 Å². The Balaban J connectivity index is 3.34. The number of ether oxygens (including phenoxy) is 1. The van der Waals surface area contributed by atoms with Crippen molar-refractivity contribution >= 4 is 5.97 Å². The maximum absolute atomic E-state index is 13.7. The van der Waals surface area contributed by atoms with Crippen molar-refractivity contribution in [3.63, 3.8) is 0 Å². The zero-order chi connectivity index (χ0) is 15.5. The molecule has 0 aliphatic rings. The first-order chi connectivity index (χ1) is 9.18. The van der Waals surface area contributed by atoms with Crippen LogP contribution in [0.25, 0.3) is 0 Å². The molecule has 0 radical (unpaired) electrons. The standard InChI is InChI=1S/C11H9F6NO2/c1-2-20-7(19)3-5-6(11(15,16)17)4-18-9(8(5)12)10(13)14/h4,10H,2-3H2,1H3. The number of hydrogen-bond donors (Lipinski definition) is 0. The number of esters is 1. The molecule has 1 aromatic rings. The normalized spacial score (nSPS) is 11.8. The average Bonchev–Trinajstić information content (AvgIpc) is 2.29. The van der Waals surface area contributed by atoms with E-state index in [2.05, 4.69) is 9.72 Å². The van der Waals surface area contributed by atoms with Crippen molar-refractivity contribution in [1.29, 1.82) is 0 Å². The quantitative estimate of drug-likeness (QED) is 0.633. The lowest BCUT2D eigenvalue weighted by molar-refractivity contribution is -0.143.